The quantitative estimate of drug-likeness (QED) is 0.340. The summed E-state index contributed by atoms with van der Waals surface area (Å²) in [6.07, 6.45) is 0. The minimum absolute atomic E-state index is 0.0787. The zero-order valence-electron chi connectivity index (χ0n) is 18.7. The van der Waals surface area contributed by atoms with Gasteiger partial charge in [0.2, 0.25) is 0 Å². The number of rotatable bonds is 6. The van der Waals surface area contributed by atoms with Crippen molar-refractivity contribution in [3.63, 3.8) is 0 Å². The van der Waals surface area contributed by atoms with Crippen LogP contribution in [0.25, 0.3) is 10.9 Å². The molecule has 1 aliphatic heterocycles. The molecule has 4 heterocycles. The van der Waals surface area contributed by atoms with Crippen LogP contribution in [0.4, 0.5) is 26.2 Å². The number of anilines is 3. The van der Waals surface area contributed by atoms with E-state index in [0.717, 1.165) is 32.2 Å². The van der Waals surface area contributed by atoms with E-state index in [1.807, 2.05) is 7.05 Å². The zero-order valence-corrected chi connectivity index (χ0v) is 18.7. The van der Waals surface area contributed by atoms with Crippen molar-refractivity contribution in [2.75, 3.05) is 43.4 Å². The number of H-pyrrole nitrogens is 2. The van der Waals surface area contributed by atoms with Crippen LogP contribution in [0.3, 0.4) is 0 Å². The first-order chi connectivity index (χ1) is 16.4. The Kier molecular flexibility index (Phi) is 5.75. The molecule has 12 heteroatoms. The molecule has 0 radical (unpaired) electrons. The summed E-state index contributed by atoms with van der Waals surface area (Å²) in [5.74, 6) is -0.288. The third kappa shape index (κ3) is 4.37. The summed E-state index contributed by atoms with van der Waals surface area (Å²) in [4.78, 5) is 15.9. The van der Waals surface area contributed by atoms with Gasteiger partial charge in [-0.1, -0.05) is 0 Å². The number of nitrogens with one attached hydrogen (secondary N) is 3. The normalized spacial score (nSPS) is 14.7. The maximum absolute atomic E-state index is 15.1. The van der Waals surface area contributed by atoms with Crippen molar-refractivity contribution in [1.29, 1.82) is 0 Å². The molecule has 4 N–H and O–H groups in total. The van der Waals surface area contributed by atoms with E-state index in [1.54, 1.807) is 19.1 Å². The number of piperazine rings is 1. The zero-order chi connectivity index (χ0) is 23.8. The Morgan fingerprint density at radius 2 is 1.88 bits per heavy atom. The van der Waals surface area contributed by atoms with E-state index in [9.17, 15) is 9.50 Å². The van der Waals surface area contributed by atoms with E-state index in [-0.39, 0.29) is 29.3 Å². The summed E-state index contributed by atoms with van der Waals surface area (Å²) in [5, 5.41) is 19.2. The van der Waals surface area contributed by atoms with Crippen molar-refractivity contribution in [3.05, 3.63) is 47.3 Å². The van der Waals surface area contributed by atoms with Crippen LogP contribution in [0.2, 0.25) is 0 Å². The molecule has 10 nitrogen and oxygen atoms in total. The van der Waals surface area contributed by atoms with E-state index in [2.05, 4.69) is 40.3 Å². The number of hydrogen-bond acceptors (Lipinski definition) is 8. The molecule has 1 saturated heterocycles. The van der Waals surface area contributed by atoms with Gasteiger partial charge in [-0.3, -0.25) is 5.10 Å². The van der Waals surface area contributed by atoms with E-state index in [1.165, 1.54) is 6.07 Å². The molecule has 4 aromatic rings. The van der Waals surface area contributed by atoms with Crippen LogP contribution in [0.5, 0.6) is 11.8 Å². The van der Waals surface area contributed by atoms with Crippen molar-refractivity contribution >= 4 is 28.4 Å². The van der Waals surface area contributed by atoms with Gasteiger partial charge in [-0.25, -0.2) is 8.78 Å². The third-order valence-corrected chi connectivity index (χ3v) is 5.68. The van der Waals surface area contributed by atoms with Gasteiger partial charge < -0.3 is 29.9 Å². The van der Waals surface area contributed by atoms with E-state index in [4.69, 9.17) is 4.74 Å². The van der Waals surface area contributed by atoms with Gasteiger partial charge in [0.15, 0.2) is 23.2 Å². The van der Waals surface area contributed by atoms with E-state index in [0.29, 0.717) is 28.8 Å². The molecule has 0 unspecified atom stereocenters. The number of nitrogens with zero attached hydrogens (tertiary/aromatic N) is 5. The molecule has 34 heavy (non-hydrogen) atoms. The first kappa shape index (κ1) is 22.0. The lowest BCUT2D eigenvalue weighted by Gasteiger charge is -2.33. The van der Waals surface area contributed by atoms with Gasteiger partial charge in [0.05, 0.1) is 17.8 Å². The molecule has 1 aliphatic rings. The second kappa shape index (κ2) is 8.88. The Labute approximate surface area is 193 Å². The number of aryl methyl sites for hydroxylation is 1. The molecule has 0 amide bonds. The van der Waals surface area contributed by atoms with Gasteiger partial charge in [-0.15, -0.1) is 0 Å². The summed E-state index contributed by atoms with van der Waals surface area (Å²) in [6, 6.07) is 5.73. The third-order valence-electron chi connectivity index (χ3n) is 5.68. The van der Waals surface area contributed by atoms with Gasteiger partial charge in [0, 0.05) is 55.5 Å². The fourth-order valence-corrected chi connectivity index (χ4v) is 3.86. The van der Waals surface area contributed by atoms with Crippen molar-refractivity contribution in [2.45, 2.75) is 13.5 Å². The molecule has 0 saturated carbocycles. The summed E-state index contributed by atoms with van der Waals surface area (Å²) in [5.41, 5.74) is 1.24. The van der Waals surface area contributed by atoms with Crippen LogP contribution in [0.1, 0.15) is 11.4 Å². The standard InChI is InChI=1S/C22H24F2N8O2/c1-12-7-14-20(24)16(9-15(23)21(14)25-12)34-22-27-17(26-18-8-13(11-33)29-30-18)10-19(28-22)32-5-3-31(2)4-6-32/h7-10,25,33H,3-6,11H2,1-2H3,(H2,26,27,28,29,30). The molecule has 178 valence electrons. The highest BCUT2D eigenvalue weighted by molar-refractivity contribution is 5.83. The minimum atomic E-state index is -0.705. The predicted molar refractivity (Wildman–Crippen MR) is 123 cm³/mol. The number of hydrogen-bond donors (Lipinski definition) is 4. The number of likely N-dealkylation sites (N-methyl/N-ethyl adjacent to an activating group) is 1. The van der Waals surface area contributed by atoms with Crippen LogP contribution in [0, 0.1) is 18.6 Å². The number of aliphatic hydroxyl groups excluding tert-OH is 1. The number of aromatic amines is 2. The topological polar surface area (TPSA) is 118 Å². The lowest BCUT2D eigenvalue weighted by atomic mass is 10.2. The van der Waals surface area contributed by atoms with Crippen LogP contribution in [-0.2, 0) is 6.61 Å². The number of benzene rings is 1. The smallest absolute Gasteiger partial charge is 0.326 e. The SMILES string of the molecule is Cc1cc2c(F)c(Oc3nc(Nc4cc(CO)[nH]n4)cc(N4CCN(C)CC4)n3)cc(F)c2[nH]1. The average Bonchev–Trinajstić information content (AvgIpc) is 3.44. The van der Waals surface area contributed by atoms with Gasteiger partial charge >= 0.3 is 6.01 Å². The van der Waals surface area contributed by atoms with Crippen molar-refractivity contribution in [2.24, 2.45) is 0 Å². The molecule has 1 aromatic carbocycles. The highest BCUT2D eigenvalue weighted by atomic mass is 19.1. The largest absolute Gasteiger partial charge is 0.421 e. The van der Waals surface area contributed by atoms with Crippen molar-refractivity contribution < 1.29 is 18.6 Å². The summed E-state index contributed by atoms with van der Waals surface area (Å²) in [7, 11) is 2.05. The highest BCUT2D eigenvalue weighted by Crippen LogP contribution is 2.33. The van der Waals surface area contributed by atoms with Gasteiger partial charge in [-0.2, -0.15) is 15.1 Å². The van der Waals surface area contributed by atoms with Crippen molar-refractivity contribution in [1.82, 2.24) is 30.0 Å². The number of aliphatic hydroxyl groups is 1. The van der Waals surface area contributed by atoms with Gasteiger partial charge in [0.25, 0.3) is 0 Å². The highest BCUT2D eigenvalue weighted by Gasteiger charge is 2.21. The maximum atomic E-state index is 15.1. The Bertz CT molecular complexity index is 1330. The maximum Gasteiger partial charge on any atom is 0.326 e. The lowest BCUT2D eigenvalue weighted by Crippen LogP contribution is -2.44. The molecule has 0 bridgehead atoms. The predicted octanol–water partition coefficient (Wildman–Crippen LogP) is 3.05. The molecular formula is C22H24F2N8O2. The monoisotopic (exact) mass is 470 g/mol. The molecule has 3 aromatic heterocycles. The Morgan fingerprint density at radius 3 is 2.62 bits per heavy atom. The number of fused-ring (bicyclic) bond motifs is 1. The molecule has 5 rings (SSSR count). The molecular weight excluding hydrogens is 446 g/mol. The van der Waals surface area contributed by atoms with Crippen LogP contribution >= 0.6 is 0 Å². The van der Waals surface area contributed by atoms with Crippen LogP contribution in [0.15, 0.2) is 24.3 Å². The van der Waals surface area contributed by atoms with Gasteiger partial charge in [0.1, 0.15) is 11.6 Å². The summed E-state index contributed by atoms with van der Waals surface area (Å²) >= 11 is 0. The number of aromatic nitrogens is 5. The van der Waals surface area contributed by atoms with E-state index < -0.39 is 11.6 Å². The Hall–Kier alpha value is -3.77. The first-order valence-electron chi connectivity index (χ1n) is 10.8. The molecule has 0 spiro atoms. The van der Waals surface area contributed by atoms with Crippen LogP contribution in [-0.4, -0.2) is 68.4 Å². The van der Waals surface area contributed by atoms with Crippen molar-refractivity contribution in [3.8, 4) is 11.8 Å². The van der Waals surface area contributed by atoms with E-state index >= 15 is 4.39 Å². The van der Waals surface area contributed by atoms with Gasteiger partial charge in [-0.05, 0) is 20.0 Å². The van der Waals surface area contributed by atoms with Crippen LogP contribution < -0.4 is 15.0 Å². The fourth-order valence-electron chi connectivity index (χ4n) is 3.86. The molecule has 0 atom stereocenters. The summed E-state index contributed by atoms with van der Waals surface area (Å²) < 4.78 is 35.3. The number of ether oxygens (including phenoxy) is 1. The lowest BCUT2D eigenvalue weighted by molar-refractivity contribution is 0.276. The summed E-state index contributed by atoms with van der Waals surface area (Å²) in [6.45, 7) is 4.71. The average molecular weight is 470 g/mol. The first-order valence-corrected chi connectivity index (χ1v) is 10.8. The second-order valence-corrected chi connectivity index (χ2v) is 8.26. The second-order valence-electron chi connectivity index (χ2n) is 8.26. The molecule has 1 fully saturated rings. The molecule has 0 aliphatic carbocycles. The fraction of sp³-hybridized carbons (Fsp3) is 0.318. The Balaban J connectivity index is 1.51. The number of halogens is 2. The Morgan fingerprint density at radius 1 is 1.09 bits per heavy atom. The minimum Gasteiger partial charge on any atom is -0.421 e.